The van der Waals surface area contributed by atoms with Gasteiger partial charge in [-0.05, 0) is 74.4 Å². The highest BCUT2D eigenvalue weighted by Crippen LogP contribution is 2.26. The van der Waals surface area contributed by atoms with Gasteiger partial charge in [0.05, 0.1) is 18.1 Å². The maximum atomic E-state index is 14.4. The fourth-order valence-electron chi connectivity index (χ4n) is 6.86. The van der Waals surface area contributed by atoms with E-state index in [2.05, 4.69) is 26.4 Å². The molecule has 2 unspecified atom stereocenters. The number of aliphatic hydroxyl groups excluding tert-OH is 2. The van der Waals surface area contributed by atoms with Crippen LogP contribution in [-0.2, 0) is 33.5 Å². The monoisotopic (exact) mass is 842 g/mol. The summed E-state index contributed by atoms with van der Waals surface area (Å²) in [6.07, 6.45) is 9.62. The Hall–Kier alpha value is -5.97. The molecule has 61 heavy (non-hydrogen) atoms. The largest absolute Gasteiger partial charge is 0.508 e. The quantitative estimate of drug-likeness (QED) is 0.109. The molecular formula is C45H58N6O10. The number of phenolic OH excluding ortho intramolecular Hbond substituents is 1. The summed E-state index contributed by atoms with van der Waals surface area (Å²) in [4.78, 5) is 84.8. The van der Waals surface area contributed by atoms with Crippen LogP contribution in [0.2, 0.25) is 0 Å². The Kier molecular flexibility index (Phi) is 18.1. The summed E-state index contributed by atoms with van der Waals surface area (Å²) < 4.78 is 6.02. The number of ether oxygens (including phenoxy) is 1. The summed E-state index contributed by atoms with van der Waals surface area (Å²) in [5.41, 5.74) is 3.78. The van der Waals surface area contributed by atoms with E-state index in [0.717, 1.165) is 0 Å². The van der Waals surface area contributed by atoms with Crippen molar-refractivity contribution in [1.82, 2.24) is 26.1 Å². The van der Waals surface area contributed by atoms with Gasteiger partial charge in [-0.2, -0.15) is 0 Å². The first kappa shape index (κ1) is 47.7. The van der Waals surface area contributed by atoms with Crippen LogP contribution in [0.5, 0.6) is 5.75 Å². The number of allylic oxidation sites excluding steroid dienone is 4. The number of nitrogens with one attached hydrogen (secondary N) is 4. The smallest absolute Gasteiger partial charge is 0.325 e. The molecule has 2 aliphatic rings. The molecule has 328 valence electrons. The Morgan fingerprint density at radius 1 is 1.03 bits per heavy atom. The fraction of sp³-hybridized carbons (Fsp3) is 0.444. The lowest BCUT2D eigenvalue weighted by Crippen LogP contribution is -2.59. The van der Waals surface area contributed by atoms with E-state index in [4.69, 9.17) is 4.74 Å². The van der Waals surface area contributed by atoms with Crippen molar-refractivity contribution in [3.8, 4) is 5.75 Å². The number of fused-ring (bicyclic) bond motifs is 2. The van der Waals surface area contributed by atoms with Crippen LogP contribution in [0.3, 0.4) is 0 Å². The summed E-state index contributed by atoms with van der Waals surface area (Å²) >= 11 is 0. The summed E-state index contributed by atoms with van der Waals surface area (Å²) in [7, 11) is 0. The predicted octanol–water partition coefficient (Wildman–Crippen LogP) is 3.49. The van der Waals surface area contributed by atoms with Gasteiger partial charge < -0.3 is 40.8 Å². The number of ketones is 1. The van der Waals surface area contributed by atoms with Gasteiger partial charge in [-0.1, -0.05) is 75.4 Å². The van der Waals surface area contributed by atoms with Gasteiger partial charge in [-0.25, -0.2) is 10.4 Å². The van der Waals surface area contributed by atoms with Crippen LogP contribution in [0.1, 0.15) is 78.3 Å². The molecule has 4 rings (SSSR count). The lowest BCUT2D eigenvalue weighted by molar-refractivity contribution is -0.156. The number of carbonyl (C=O) groups excluding carboxylic acids is 6. The Morgan fingerprint density at radius 2 is 1.80 bits per heavy atom. The van der Waals surface area contributed by atoms with Crippen LogP contribution in [-0.4, -0.2) is 97.6 Å². The molecule has 16 heteroatoms. The van der Waals surface area contributed by atoms with Crippen LogP contribution in [0.25, 0.3) is 0 Å². The van der Waals surface area contributed by atoms with Crippen molar-refractivity contribution < 1.29 is 48.8 Å². The molecule has 1 saturated heterocycles. The fourth-order valence-corrected chi connectivity index (χ4v) is 6.86. The van der Waals surface area contributed by atoms with E-state index >= 15 is 0 Å². The number of aromatic hydroxyl groups is 1. The molecule has 2 aromatic rings. The van der Waals surface area contributed by atoms with Crippen molar-refractivity contribution in [1.29, 1.82) is 0 Å². The number of aromatic nitrogens is 1. The third-order valence-electron chi connectivity index (χ3n) is 10.5. The maximum absolute atomic E-state index is 14.4. The minimum Gasteiger partial charge on any atom is -0.508 e. The zero-order chi connectivity index (χ0) is 44.6. The molecule has 0 aliphatic carbocycles. The Balaban J connectivity index is 1.71. The average molecular weight is 843 g/mol. The average Bonchev–Trinajstić information content (AvgIpc) is 3.23. The molecular weight excluding hydrogens is 785 g/mol. The maximum Gasteiger partial charge on any atom is 0.325 e. The first-order valence-corrected chi connectivity index (χ1v) is 20.5. The second kappa shape index (κ2) is 23.1. The molecule has 2 bridgehead atoms. The van der Waals surface area contributed by atoms with Gasteiger partial charge in [0.2, 0.25) is 17.7 Å². The van der Waals surface area contributed by atoms with Crippen molar-refractivity contribution in [2.45, 2.75) is 103 Å². The molecule has 0 radical (unpaired) electrons. The van der Waals surface area contributed by atoms with Gasteiger partial charge in [-0.3, -0.25) is 29.0 Å². The first-order valence-electron chi connectivity index (χ1n) is 20.5. The van der Waals surface area contributed by atoms with Crippen LogP contribution in [0, 0.1) is 17.8 Å². The van der Waals surface area contributed by atoms with E-state index in [0.29, 0.717) is 24.2 Å². The van der Waals surface area contributed by atoms with E-state index in [1.807, 2.05) is 0 Å². The molecule has 1 aromatic carbocycles. The number of hydrogen-bond acceptors (Lipinski definition) is 12. The van der Waals surface area contributed by atoms with Crippen LogP contribution >= 0.6 is 0 Å². The van der Waals surface area contributed by atoms with Crippen molar-refractivity contribution >= 4 is 41.2 Å². The normalized spacial score (nSPS) is 27.5. The number of carbonyl (C=O) groups is 6. The number of anilines is 1. The highest BCUT2D eigenvalue weighted by molar-refractivity contribution is 5.98. The molecule has 0 spiro atoms. The minimum atomic E-state index is -1.44. The number of esters is 1. The lowest BCUT2D eigenvalue weighted by atomic mass is 9.84. The van der Waals surface area contributed by atoms with Crippen molar-refractivity contribution in [3.05, 3.63) is 102 Å². The number of cyclic esters (lactones) is 1. The summed E-state index contributed by atoms with van der Waals surface area (Å²) in [5.74, 6) is -5.80. The summed E-state index contributed by atoms with van der Waals surface area (Å²) in [6, 6.07) is 7.32. The Morgan fingerprint density at radius 3 is 2.49 bits per heavy atom. The summed E-state index contributed by atoms with van der Waals surface area (Å²) in [5, 5.41) is 42.3. The van der Waals surface area contributed by atoms with Gasteiger partial charge in [0, 0.05) is 37.6 Å². The highest BCUT2D eigenvalue weighted by atomic mass is 16.5. The number of aliphatic hydroxyl groups is 2. The van der Waals surface area contributed by atoms with Gasteiger partial charge in [-0.15, -0.1) is 0 Å². The highest BCUT2D eigenvalue weighted by Gasteiger charge is 2.39. The molecule has 2 aliphatic heterocycles. The number of rotatable bonds is 9. The molecule has 8 atom stereocenters. The molecule has 7 N–H and O–H groups in total. The molecule has 1 fully saturated rings. The Bertz CT molecular complexity index is 1980. The van der Waals surface area contributed by atoms with Crippen LogP contribution < -0.4 is 21.4 Å². The first-order chi connectivity index (χ1) is 29.0. The number of benzene rings is 1. The van der Waals surface area contributed by atoms with Crippen molar-refractivity contribution in [2.75, 3.05) is 11.9 Å². The van der Waals surface area contributed by atoms with Crippen molar-refractivity contribution in [3.63, 3.8) is 0 Å². The third kappa shape index (κ3) is 14.3. The van der Waals surface area contributed by atoms with Crippen LogP contribution in [0.15, 0.2) is 96.8 Å². The summed E-state index contributed by atoms with van der Waals surface area (Å²) in [6.45, 7) is 8.20. The molecule has 0 saturated carbocycles. The van der Waals surface area contributed by atoms with Crippen LogP contribution in [0.4, 0.5) is 5.82 Å². The molecule has 3 heterocycles. The topological polar surface area (TPSA) is 237 Å². The van der Waals surface area contributed by atoms with E-state index in [9.17, 15) is 44.1 Å². The van der Waals surface area contributed by atoms with Gasteiger partial charge in [0.15, 0.2) is 0 Å². The Labute approximate surface area is 356 Å². The second-order valence-electron chi connectivity index (χ2n) is 15.7. The zero-order valence-corrected chi connectivity index (χ0v) is 35.2. The van der Waals surface area contributed by atoms with E-state index in [1.54, 1.807) is 82.5 Å². The van der Waals surface area contributed by atoms with Gasteiger partial charge in [0.1, 0.15) is 41.6 Å². The van der Waals surface area contributed by atoms with E-state index in [-0.39, 0.29) is 42.9 Å². The van der Waals surface area contributed by atoms with E-state index < -0.39 is 83.8 Å². The second-order valence-corrected chi connectivity index (χ2v) is 15.7. The third-order valence-corrected chi connectivity index (χ3v) is 10.5. The molecule has 16 nitrogen and oxygen atoms in total. The number of pyridine rings is 1. The van der Waals surface area contributed by atoms with E-state index in [1.165, 1.54) is 48.4 Å². The number of phenols is 1. The lowest BCUT2D eigenvalue weighted by Gasteiger charge is -2.36. The molecule has 1 aromatic heterocycles. The number of hydrogen-bond donors (Lipinski definition) is 7. The predicted molar refractivity (Wildman–Crippen MR) is 227 cm³/mol. The van der Waals surface area contributed by atoms with Gasteiger partial charge >= 0.3 is 5.97 Å². The molecule has 4 amide bonds. The van der Waals surface area contributed by atoms with Gasteiger partial charge in [0.25, 0.3) is 5.91 Å². The SMILES string of the molecule is CC(=O)CC[C@H]1C(=O)N[C@@H](C(C)C)C(=O)NC(c2cccc(O)c2)C(=O)N2CCCC(N2)C(=O)O[C@H](/C(C)=C/C=C/C(=O)Nc2ccccn2)C/C=C/C=C/[C@H](O)[C@H](C)[C@H]1O. The van der Waals surface area contributed by atoms with Crippen molar-refractivity contribution in [2.24, 2.45) is 17.8 Å². The number of amides is 4. The number of hydrazine groups is 1. The standard InChI is InChI=1S/C45H58N6O10/c1-27(2)39-43(58)49-40(31-15-12-16-32(53)26-31)44(59)51-25-13-17-34(50-51)45(60)61-36(28(3)14-11-21-38(55)47-37-20-9-10-24-46-37)19-8-6-7-18-35(54)30(5)41(56)33(42(57)48-39)23-22-29(4)52/h6-12,14-16,18,20-21,24,26-27,30,33-36,39-41,50,53-54,56H,13,17,19,22-23,25H2,1-5H3,(H,48,57)(H,49,58)(H,46,47,55)/b8-6+,18-7+,21-11+,28-14+/t30-,33+,34?,35-,36-,39-,40?,41+/m0/s1. The zero-order valence-electron chi connectivity index (χ0n) is 35.2. The number of nitrogens with zero attached hydrogens (tertiary/aromatic N) is 2. The minimum absolute atomic E-state index is 0.0409. The number of Topliss-reactive ketones (excluding diaryl/α,β-unsaturated/α-hetero) is 1.